The zero-order chi connectivity index (χ0) is 12.2. The lowest BCUT2D eigenvalue weighted by atomic mass is 10.4. The molecule has 0 aromatic carbocycles. The van der Waals surface area contributed by atoms with E-state index in [1.165, 1.54) is 37.4 Å². The first-order valence-corrected chi connectivity index (χ1v) is 7.86. The summed E-state index contributed by atoms with van der Waals surface area (Å²) in [7, 11) is 0. The quantitative estimate of drug-likeness (QED) is 0.782. The van der Waals surface area contributed by atoms with Crippen molar-refractivity contribution < 1.29 is 0 Å². The van der Waals surface area contributed by atoms with E-state index in [4.69, 9.17) is 0 Å². The van der Waals surface area contributed by atoms with E-state index in [2.05, 4.69) is 25.7 Å². The van der Waals surface area contributed by atoms with Crippen LogP contribution in [0.15, 0.2) is 0 Å². The Labute approximate surface area is 111 Å². The molecular weight excluding hydrogens is 248 g/mol. The fourth-order valence-corrected chi connectivity index (χ4v) is 3.09. The minimum absolute atomic E-state index is 0.703. The highest BCUT2D eigenvalue weighted by Gasteiger charge is 2.21. The van der Waals surface area contributed by atoms with Gasteiger partial charge in [-0.2, -0.15) is 11.8 Å². The number of thioether (sulfide) groups is 1. The number of rotatable bonds is 6. The summed E-state index contributed by atoms with van der Waals surface area (Å²) in [6.45, 7) is 5.15. The Kier molecular flexibility index (Phi) is 4.12. The van der Waals surface area contributed by atoms with E-state index in [0.717, 1.165) is 25.5 Å². The van der Waals surface area contributed by atoms with Crippen molar-refractivity contribution in [3.63, 3.8) is 0 Å². The molecule has 2 aliphatic rings. The van der Waals surface area contributed by atoms with E-state index in [-0.39, 0.29) is 0 Å². The van der Waals surface area contributed by atoms with Crippen molar-refractivity contribution in [1.82, 2.24) is 30.4 Å². The van der Waals surface area contributed by atoms with Gasteiger partial charge in [0.1, 0.15) is 0 Å². The first-order chi connectivity index (χ1) is 8.92. The van der Waals surface area contributed by atoms with E-state index >= 15 is 0 Å². The van der Waals surface area contributed by atoms with Crippen LogP contribution in [0.4, 0.5) is 0 Å². The highest BCUT2D eigenvalue weighted by Crippen LogP contribution is 2.18. The predicted molar refractivity (Wildman–Crippen MR) is 71.4 cm³/mol. The SMILES string of the molecule is C1CN(CCn2nnnc2CNC2CC2)CCS1. The van der Waals surface area contributed by atoms with Gasteiger partial charge in [-0.1, -0.05) is 0 Å². The highest BCUT2D eigenvalue weighted by atomic mass is 32.2. The van der Waals surface area contributed by atoms with E-state index in [1.54, 1.807) is 0 Å². The van der Waals surface area contributed by atoms with Crippen molar-refractivity contribution in [1.29, 1.82) is 0 Å². The summed E-state index contributed by atoms with van der Waals surface area (Å²) in [5.41, 5.74) is 0. The molecule has 1 saturated heterocycles. The monoisotopic (exact) mass is 268 g/mol. The number of nitrogens with one attached hydrogen (secondary N) is 1. The predicted octanol–water partition coefficient (Wildman–Crippen LogP) is -0.0261. The third kappa shape index (κ3) is 3.43. The van der Waals surface area contributed by atoms with E-state index in [9.17, 15) is 0 Å². The average Bonchev–Trinajstić information content (AvgIpc) is 3.14. The van der Waals surface area contributed by atoms with Crippen LogP contribution in [-0.4, -0.2) is 62.3 Å². The van der Waals surface area contributed by atoms with Crippen molar-refractivity contribution in [2.24, 2.45) is 0 Å². The molecule has 1 N–H and O–H groups in total. The lowest BCUT2D eigenvalue weighted by molar-refractivity contribution is 0.281. The summed E-state index contributed by atoms with van der Waals surface area (Å²) in [6, 6.07) is 0.703. The van der Waals surface area contributed by atoms with Crippen molar-refractivity contribution >= 4 is 11.8 Å². The van der Waals surface area contributed by atoms with Gasteiger partial charge in [0.2, 0.25) is 0 Å². The van der Waals surface area contributed by atoms with Crippen molar-refractivity contribution in [2.45, 2.75) is 32.0 Å². The average molecular weight is 268 g/mol. The van der Waals surface area contributed by atoms with Crippen LogP contribution in [0.25, 0.3) is 0 Å². The molecule has 0 atom stereocenters. The second-order valence-electron chi connectivity index (χ2n) is 4.93. The van der Waals surface area contributed by atoms with Crippen molar-refractivity contribution in [3.05, 3.63) is 5.82 Å². The Morgan fingerprint density at radius 2 is 2.06 bits per heavy atom. The number of hydrogen-bond acceptors (Lipinski definition) is 6. The lowest BCUT2D eigenvalue weighted by Gasteiger charge is -2.25. The molecular formula is C11H20N6S. The molecule has 6 nitrogen and oxygen atoms in total. The van der Waals surface area contributed by atoms with Gasteiger partial charge in [0, 0.05) is 37.2 Å². The molecule has 0 spiro atoms. The highest BCUT2D eigenvalue weighted by molar-refractivity contribution is 7.99. The summed E-state index contributed by atoms with van der Waals surface area (Å²) in [4.78, 5) is 2.50. The fraction of sp³-hybridized carbons (Fsp3) is 0.909. The fourth-order valence-electron chi connectivity index (χ4n) is 2.11. The zero-order valence-corrected chi connectivity index (χ0v) is 11.4. The summed E-state index contributed by atoms with van der Waals surface area (Å²) < 4.78 is 1.94. The Hall–Kier alpha value is -0.660. The topological polar surface area (TPSA) is 58.9 Å². The van der Waals surface area contributed by atoms with Gasteiger partial charge in [0.15, 0.2) is 5.82 Å². The van der Waals surface area contributed by atoms with Crippen LogP contribution in [0.2, 0.25) is 0 Å². The van der Waals surface area contributed by atoms with Gasteiger partial charge in [-0.05, 0) is 23.3 Å². The molecule has 1 aliphatic carbocycles. The second-order valence-corrected chi connectivity index (χ2v) is 6.15. The molecule has 0 bridgehead atoms. The molecule has 0 radical (unpaired) electrons. The van der Waals surface area contributed by atoms with Crippen LogP contribution in [0.1, 0.15) is 18.7 Å². The number of hydrogen-bond donors (Lipinski definition) is 1. The van der Waals surface area contributed by atoms with Crippen LogP contribution in [-0.2, 0) is 13.1 Å². The van der Waals surface area contributed by atoms with Gasteiger partial charge in [0.05, 0.1) is 13.1 Å². The van der Waals surface area contributed by atoms with Crippen LogP contribution < -0.4 is 5.32 Å². The first kappa shape index (κ1) is 12.4. The third-order valence-corrected chi connectivity index (χ3v) is 4.41. The van der Waals surface area contributed by atoms with E-state index in [0.29, 0.717) is 6.04 Å². The Morgan fingerprint density at radius 1 is 1.22 bits per heavy atom. The normalized spacial score (nSPS) is 21.3. The summed E-state index contributed by atoms with van der Waals surface area (Å²) in [5, 5.41) is 15.4. The number of aromatic nitrogens is 4. The summed E-state index contributed by atoms with van der Waals surface area (Å²) in [6.07, 6.45) is 2.60. The maximum atomic E-state index is 4.10. The Bertz CT molecular complexity index is 371. The zero-order valence-electron chi connectivity index (χ0n) is 10.6. The maximum absolute atomic E-state index is 4.10. The molecule has 3 rings (SSSR count). The third-order valence-electron chi connectivity index (χ3n) is 3.46. The van der Waals surface area contributed by atoms with Crippen LogP contribution in [0, 0.1) is 0 Å². The largest absolute Gasteiger partial charge is 0.307 e. The van der Waals surface area contributed by atoms with Gasteiger partial charge in [-0.15, -0.1) is 5.10 Å². The number of tetrazole rings is 1. The summed E-state index contributed by atoms with van der Waals surface area (Å²) in [5.74, 6) is 3.48. The number of nitrogens with zero attached hydrogens (tertiary/aromatic N) is 5. The maximum Gasteiger partial charge on any atom is 0.165 e. The molecule has 0 amide bonds. The molecule has 2 heterocycles. The first-order valence-electron chi connectivity index (χ1n) is 6.70. The lowest BCUT2D eigenvalue weighted by Crippen LogP contribution is -2.35. The molecule has 0 unspecified atom stereocenters. The van der Waals surface area contributed by atoms with Gasteiger partial charge < -0.3 is 5.32 Å². The van der Waals surface area contributed by atoms with Gasteiger partial charge in [-0.25, -0.2) is 4.68 Å². The molecule has 18 heavy (non-hydrogen) atoms. The van der Waals surface area contributed by atoms with Gasteiger partial charge in [-0.3, -0.25) is 4.90 Å². The standard InChI is InChI=1S/C11H20N6S/c1-2-10(1)12-9-11-13-14-15-17(11)4-3-16-5-7-18-8-6-16/h10,12H,1-9H2. The van der Waals surface area contributed by atoms with Crippen LogP contribution in [0.3, 0.4) is 0 Å². The molecule has 1 aromatic rings. The molecule has 1 aromatic heterocycles. The Morgan fingerprint density at radius 3 is 2.83 bits per heavy atom. The molecule has 7 heteroatoms. The second kappa shape index (κ2) is 5.99. The van der Waals surface area contributed by atoms with Gasteiger partial charge in [0.25, 0.3) is 0 Å². The van der Waals surface area contributed by atoms with E-state index in [1.807, 2.05) is 16.4 Å². The Balaban J connectivity index is 1.46. The molecule has 1 aliphatic heterocycles. The van der Waals surface area contributed by atoms with E-state index < -0.39 is 0 Å². The molecule has 2 fully saturated rings. The minimum atomic E-state index is 0.703. The van der Waals surface area contributed by atoms with Gasteiger partial charge >= 0.3 is 0 Å². The van der Waals surface area contributed by atoms with Crippen LogP contribution in [0.5, 0.6) is 0 Å². The smallest absolute Gasteiger partial charge is 0.165 e. The van der Waals surface area contributed by atoms with Crippen molar-refractivity contribution in [3.8, 4) is 0 Å². The minimum Gasteiger partial charge on any atom is -0.307 e. The summed E-state index contributed by atoms with van der Waals surface area (Å²) >= 11 is 2.04. The molecule has 1 saturated carbocycles. The molecule has 100 valence electrons. The van der Waals surface area contributed by atoms with Crippen LogP contribution >= 0.6 is 11.8 Å². The van der Waals surface area contributed by atoms with Crippen molar-refractivity contribution in [2.75, 3.05) is 31.1 Å².